The van der Waals surface area contributed by atoms with Crippen LogP contribution >= 0.6 is 0 Å². The van der Waals surface area contributed by atoms with Gasteiger partial charge in [-0.2, -0.15) is 0 Å². The molecule has 6 aliphatic rings. The maximum atomic E-state index is 13.4. The van der Waals surface area contributed by atoms with Gasteiger partial charge in [-0.25, -0.2) is 0 Å². The summed E-state index contributed by atoms with van der Waals surface area (Å²) in [6.07, 6.45) is 10.2. The van der Waals surface area contributed by atoms with Crippen molar-refractivity contribution in [2.45, 2.75) is 85.0 Å². The van der Waals surface area contributed by atoms with Crippen molar-refractivity contribution in [3.63, 3.8) is 0 Å². The van der Waals surface area contributed by atoms with E-state index in [4.69, 9.17) is 9.73 Å². The highest BCUT2D eigenvalue weighted by Crippen LogP contribution is 2.70. The van der Waals surface area contributed by atoms with Crippen molar-refractivity contribution in [2.75, 3.05) is 45.9 Å². The number of aliphatic imine (C=N–C) groups is 1. The van der Waals surface area contributed by atoms with E-state index < -0.39 is 0 Å². The second kappa shape index (κ2) is 9.86. The first-order chi connectivity index (χ1) is 17.1. The Balaban J connectivity index is 1.37. The molecule has 36 heavy (non-hydrogen) atoms. The monoisotopic (exact) mass is 499 g/mol. The first kappa shape index (κ1) is 25.9. The van der Waals surface area contributed by atoms with Gasteiger partial charge < -0.3 is 9.84 Å². The smallest absolute Gasteiger partial charge is 0.266 e. The molecule has 0 aromatic rings. The standard InChI is InChI=1S/C29H45N3O4/c1-4-6-24(34)32-17-23(33)25(26(32)35)22(30-7-5-8-31-9-11-36-12-10-31)16-29-15-21-13-27(2,19-29)18-28(3,14-21)20-29/h21,33H,4-20H2,1-3H3. The molecule has 4 bridgehead atoms. The molecule has 6 rings (SSSR count). The second-order valence-corrected chi connectivity index (χ2v) is 13.3. The van der Waals surface area contributed by atoms with E-state index in [0.29, 0.717) is 35.8 Å². The normalized spacial score (nSPS) is 36.9. The lowest BCUT2D eigenvalue weighted by molar-refractivity contribution is -0.141. The molecule has 2 heterocycles. The number of nitrogens with zero attached hydrogens (tertiary/aromatic N) is 3. The molecule has 7 heteroatoms. The minimum Gasteiger partial charge on any atom is -0.509 e. The Morgan fingerprint density at radius 3 is 2.44 bits per heavy atom. The van der Waals surface area contributed by atoms with Gasteiger partial charge in [-0.1, -0.05) is 20.8 Å². The van der Waals surface area contributed by atoms with Gasteiger partial charge in [0, 0.05) is 32.6 Å². The van der Waals surface area contributed by atoms with E-state index in [2.05, 4.69) is 18.7 Å². The zero-order chi connectivity index (χ0) is 25.6. The third kappa shape index (κ3) is 5.15. The topological polar surface area (TPSA) is 82.4 Å². The summed E-state index contributed by atoms with van der Waals surface area (Å²) in [5.74, 6) is 0.229. The van der Waals surface area contributed by atoms with Gasteiger partial charge in [-0.05, 0) is 80.0 Å². The zero-order valence-corrected chi connectivity index (χ0v) is 22.6. The highest BCUT2D eigenvalue weighted by Gasteiger charge is 2.60. The van der Waals surface area contributed by atoms with E-state index in [1.165, 1.54) is 43.4 Å². The summed E-state index contributed by atoms with van der Waals surface area (Å²) in [5.41, 5.74) is 1.95. The van der Waals surface area contributed by atoms with Gasteiger partial charge >= 0.3 is 0 Å². The molecule has 4 saturated carbocycles. The molecule has 1 N–H and O–H groups in total. The molecule has 1 saturated heterocycles. The fourth-order valence-corrected chi connectivity index (χ4v) is 9.19. The summed E-state index contributed by atoms with van der Waals surface area (Å²) in [5, 5.41) is 11.0. The Kier molecular flexibility index (Phi) is 7.10. The number of hydrogen-bond donors (Lipinski definition) is 1. The molecule has 4 aliphatic carbocycles. The largest absolute Gasteiger partial charge is 0.509 e. The number of morpholine rings is 1. The number of aliphatic hydroxyl groups is 1. The van der Waals surface area contributed by atoms with Crippen LogP contribution in [0.15, 0.2) is 16.3 Å². The third-order valence-corrected chi connectivity index (χ3v) is 9.43. The minimum absolute atomic E-state index is 0.00907. The van der Waals surface area contributed by atoms with Crippen molar-refractivity contribution >= 4 is 17.5 Å². The molecule has 5 fully saturated rings. The van der Waals surface area contributed by atoms with Crippen molar-refractivity contribution in [3.8, 4) is 0 Å². The van der Waals surface area contributed by atoms with E-state index in [1.807, 2.05) is 6.92 Å². The Morgan fingerprint density at radius 1 is 1.11 bits per heavy atom. The number of amides is 2. The van der Waals surface area contributed by atoms with Crippen LogP contribution in [0.25, 0.3) is 0 Å². The fourth-order valence-electron chi connectivity index (χ4n) is 9.19. The summed E-state index contributed by atoms with van der Waals surface area (Å²) >= 11 is 0. The van der Waals surface area contributed by atoms with Crippen LogP contribution in [0.3, 0.4) is 0 Å². The number of ether oxygens (including phenoxy) is 1. The van der Waals surface area contributed by atoms with Crippen LogP contribution in [-0.4, -0.2) is 78.4 Å². The lowest BCUT2D eigenvalue weighted by Crippen LogP contribution is -2.55. The average Bonchev–Trinajstić information content (AvgIpc) is 3.08. The highest BCUT2D eigenvalue weighted by molar-refractivity contribution is 6.26. The van der Waals surface area contributed by atoms with E-state index >= 15 is 0 Å². The summed E-state index contributed by atoms with van der Waals surface area (Å²) < 4.78 is 5.46. The zero-order valence-electron chi connectivity index (χ0n) is 22.6. The van der Waals surface area contributed by atoms with Crippen molar-refractivity contribution in [2.24, 2.45) is 27.2 Å². The molecule has 0 aromatic carbocycles. The van der Waals surface area contributed by atoms with Crippen LogP contribution in [0, 0.1) is 22.2 Å². The molecule has 2 aliphatic heterocycles. The van der Waals surface area contributed by atoms with Crippen LogP contribution in [0.4, 0.5) is 0 Å². The predicted octanol–water partition coefficient (Wildman–Crippen LogP) is 4.52. The van der Waals surface area contributed by atoms with Crippen LogP contribution in [0.2, 0.25) is 0 Å². The van der Waals surface area contributed by atoms with Crippen molar-refractivity contribution < 1.29 is 19.4 Å². The van der Waals surface area contributed by atoms with E-state index in [9.17, 15) is 14.7 Å². The summed E-state index contributed by atoms with van der Waals surface area (Å²) in [6, 6.07) is 0. The van der Waals surface area contributed by atoms with Gasteiger partial charge in [0.05, 0.1) is 25.5 Å². The second-order valence-electron chi connectivity index (χ2n) is 13.3. The van der Waals surface area contributed by atoms with E-state index in [1.54, 1.807) is 0 Å². The van der Waals surface area contributed by atoms with E-state index in [0.717, 1.165) is 57.3 Å². The molecule has 7 nitrogen and oxygen atoms in total. The molecule has 0 aromatic heterocycles. The van der Waals surface area contributed by atoms with Crippen LogP contribution in [0.5, 0.6) is 0 Å². The SMILES string of the molecule is CCCC(=O)N1CC(O)=C(C(CC23CC4CC(C)(CC(C)(C4)C2)C3)=NCCCN2CCOCC2)C1=O. The molecular formula is C29H45N3O4. The highest BCUT2D eigenvalue weighted by atomic mass is 16.5. The van der Waals surface area contributed by atoms with Gasteiger partial charge in [0.15, 0.2) is 0 Å². The molecule has 2 unspecified atom stereocenters. The average molecular weight is 500 g/mol. The maximum absolute atomic E-state index is 13.4. The number of aliphatic hydroxyl groups excluding tert-OH is 1. The van der Waals surface area contributed by atoms with Gasteiger partial charge in [-0.15, -0.1) is 0 Å². The third-order valence-electron chi connectivity index (χ3n) is 9.43. The van der Waals surface area contributed by atoms with Crippen LogP contribution in [-0.2, 0) is 14.3 Å². The van der Waals surface area contributed by atoms with Gasteiger partial charge in [0.1, 0.15) is 11.3 Å². The molecule has 200 valence electrons. The summed E-state index contributed by atoms with van der Waals surface area (Å²) in [4.78, 5) is 34.7. The molecule has 0 spiro atoms. The number of imide groups is 1. The lowest BCUT2D eigenvalue weighted by Gasteiger charge is -2.65. The lowest BCUT2D eigenvalue weighted by atomic mass is 9.39. The molecular weight excluding hydrogens is 454 g/mol. The first-order valence-electron chi connectivity index (χ1n) is 14.2. The Hall–Kier alpha value is -1.73. The number of carbonyl (C=O) groups is 2. The quantitative estimate of drug-likeness (QED) is 0.373. The number of rotatable bonds is 9. The predicted molar refractivity (Wildman–Crippen MR) is 140 cm³/mol. The Bertz CT molecular complexity index is 932. The summed E-state index contributed by atoms with van der Waals surface area (Å²) in [7, 11) is 0. The van der Waals surface area contributed by atoms with E-state index in [-0.39, 0.29) is 29.5 Å². The van der Waals surface area contributed by atoms with Crippen molar-refractivity contribution in [3.05, 3.63) is 11.3 Å². The first-order valence-corrected chi connectivity index (χ1v) is 14.2. The summed E-state index contributed by atoms with van der Waals surface area (Å²) in [6.45, 7) is 11.9. The van der Waals surface area contributed by atoms with Gasteiger partial charge in [0.2, 0.25) is 5.91 Å². The molecule has 2 atom stereocenters. The van der Waals surface area contributed by atoms with Crippen molar-refractivity contribution in [1.82, 2.24) is 9.80 Å². The number of hydrogen-bond acceptors (Lipinski definition) is 6. The van der Waals surface area contributed by atoms with Crippen LogP contribution in [0.1, 0.15) is 85.0 Å². The maximum Gasteiger partial charge on any atom is 0.266 e. The number of carbonyl (C=O) groups excluding carboxylic acids is 2. The molecule has 2 amide bonds. The Labute approximate surface area is 216 Å². The molecule has 0 radical (unpaired) electrons. The fraction of sp³-hybridized carbons (Fsp3) is 0.828. The Morgan fingerprint density at radius 2 is 1.81 bits per heavy atom. The van der Waals surface area contributed by atoms with Crippen LogP contribution < -0.4 is 0 Å². The minimum atomic E-state index is -0.347. The van der Waals surface area contributed by atoms with Gasteiger partial charge in [-0.3, -0.25) is 24.4 Å². The van der Waals surface area contributed by atoms with Gasteiger partial charge in [0.25, 0.3) is 5.91 Å². The van der Waals surface area contributed by atoms with Crippen molar-refractivity contribution in [1.29, 1.82) is 0 Å².